The molecule has 0 atom stereocenters. The van der Waals surface area contributed by atoms with E-state index in [1.54, 1.807) is 0 Å². The molecular weight excluding hydrogens is 208 g/mol. The maximum absolute atomic E-state index is 9.53. The molecule has 0 aromatic rings. The molecule has 0 spiro atoms. The Labute approximate surface area is 134 Å². The first-order chi connectivity index (χ1) is 3.42. The van der Waals surface area contributed by atoms with Crippen molar-refractivity contribution in [1.82, 2.24) is 0 Å². The fourth-order valence-electron chi connectivity index (χ4n) is 0.102. The van der Waals surface area contributed by atoms with Gasteiger partial charge in [-0.2, -0.15) is 0 Å². The first-order valence-corrected chi connectivity index (χ1v) is 2.93. The number of carboxylic acid groups (broad SMARTS) is 1. The van der Waals surface area contributed by atoms with Crippen LogP contribution in [0.4, 0.5) is 4.79 Å². The van der Waals surface area contributed by atoms with Crippen molar-refractivity contribution in [1.29, 1.82) is 0 Å². The summed E-state index contributed by atoms with van der Waals surface area (Å²) in [5, 5.41) is 7.53. The molecule has 0 aliphatic rings. The molecule has 0 rings (SSSR count). The van der Waals surface area contributed by atoms with Gasteiger partial charge in [0.15, 0.2) is 0 Å². The largest absolute Gasteiger partial charge is 1.00 e. The van der Waals surface area contributed by atoms with Crippen LogP contribution in [0.5, 0.6) is 0 Å². The summed E-state index contributed by atoms with van der Waals surface area (Å²) < 4.78 is 12.6. The summed E-state index contributed by atoms with van der Waals surface area (Å²) >= 11 is 0. The Morgan fingerprint density at radius 1 is 1.27 bits per heavy atom. The Morgan fingerprint density at radius 2 is 1.55 bits per heavy atom. The minimum atomic E-state index is -4.82. The molecule has 0 bridgehead atoms. The normalized spacial score (nSPS) is 7.82. The van der Waals surface area contributed by atoms with E-state index in [1.807, 2.05) is 0 Å². The summed E-state index contributed by atoms with van der Waals surface area (Å²) in [6.45, 7) is 0. The van der Waals surface area contributed by atoms with Gasteiger partial charge in [0, 0.05) is 0 Å². The zero-order valence-electron chi connectivity index (χ0n) is 9.51. The van der Waals surface area contributed by atoms with Crippen molar-refractivity contribution < 1.29 is 122 Å². The van der Waals surface area contributed by atoms with Crippen molar-refractivity contribution in [2.24, 2.45) is 0 Å². The molecule has 3 N–H and O–H groups in total. The van der Waals surface area contributed by atoms with Gasteiger partial charge < -0.3 is 13.9 Å². The SMILES string of the molecule is O=C(O)OP(=O)(O)O.[H-].[H-].[H-].[Na+].[Na+].[Na+]. The van der Waals surface area contributed by atoms with E-state index >= 15 is 0 Å². The van der Waals surface area contributed by atoms with Crippen molar-refractivity contribution in [3.63, 3.8) is 0 Å². The zero-order valence-corrected chi connectivity index (χ0v) is 13.4. The Morgan fingerprint density at radius 3 is 1.55 bits per heavy atom. The first-order valence-electron chi connectivity index (χ1n) is 1.40. The van der Waals surface area contributed by atoms with Crippen LogP contribution in [0.3, 0.4) is 0 Å². The third kappa shape index (κ3) is 24.5. The van der Waals surface area contributed by atoms with Gasteiger partial charge in [0.05, 0.1) is 0 Å². The van der Waals surface area contributed by atoms with E-state index in [9.17, 15) is 9.36 Å². The molecule has 0 aromatic heterocycles. The quantitative estimate of drug-likeness (QED) is 0.296. The topological polar surface area (TPSA) is 104 Å². The second kappa shape index (κ2) is 10.5. The van der Waals surface area contributed by atoms with E-state index in [0.29, 0.717) is 0 Å². The standard InChI is InChI=1S/CH3O6P.3Na.3H/c2-1(3)7-8(4,5)6;;;;;;/h(H,2,3)(H2,4,5,6);;;;;;/q;3*+1;3*-1. The molecule has 11 heavy (non-hydrogen) atoms. The Kier molecular flexibility index (Phi) is 22.3. The molecule has 6 nitrogen and oxygen atoms in total. The summed E-state index contributed by atoms with van der Waals surface area (Å²) in [7, 11) is -4.82. The molecule has 0 unspecified atom stereocenters. The van der Waals surface area contributed by atoms with Gasteiger partial charge in [-0.1, -0.05) is 0 Å². The molecule has 54 valence electrons. The van der Waals surface area contributed by atoms with Gasteiger partial charge in [-0.05, 0) is 0 Å². The van der Waals surface area contributed by atoms with Gasteiger partial charge in [-0.25, -0.2) is 9.36 Å². The van der Waals surface area contributed by atoms with Crippen molar-refractivity contribution >= 4 is 14.0 Å². The smallest absolute Gasteiger partial charge is 1.00 e. The van der Waals surface area contributed by atoms with Crippen LogP contribution >= 0.6 is 7.82 Å². The minimum absolute atomic E-state index is 0. The summed E-state index contributed by atoms with van der Waals surface area (Å²) in [5.74, 6) is 0. The number of carbonyl (C=O) groups is 1. The molecule has 0 aromatic carbocycles. The number of phosphoric ester groups is 1. The van der Waals surface area contributed by atoms with Crippen molar-refractivity contribution in [2.45, 2.75) is 0 Å². The number of rotatable bonds is 1. The van der Waals surface area contributed by atoms with Crippen LogP contribution < -0.4 is 88.7 Å². The van der Waals surface area contributed by atoms with E-state index in [-0.39, 0.29) is 93.0 Å². The van der Waals surface area contributed by atoms with Crippen LogP contribution in [-0.2, 0) is 9.09 Å². The van der Waals surface area contributed by atoms with Gasteiger partial charge in [-0.15, -0.1) is 0 Å². The van der Waals surface area contributed by atoms with Gasteiger partial charge in [-0.3, -0.25) is 9.79 Å². The van der Waals surface area contributed by atoms with Crippen molar-refractivity contribution in [3.05, 3.63) is 0 Å². The molecule has 0 amide bonds. The third-order valence-corrected chi connectivity index (χ3v) is 0.591. The second-order valence-corrected chi connectivity index (χ2v) is 2.01. The van der Waals surface area contributed by atoms with Gasteiger partial charge in [0.25, 0.3) is 0 Å². The van der Waals surface area contributed by atoms with E-state index in [0.717, 1.165) is 0 Å². The van der Waals surface area contributed by atoms with E-state index in [1.165, 1.54) is 0 Å². The summed E-state index contributed by atoms with van der Waals surface area (Å²) in [5.41, 5.74) is 0. The zero-order chi connectivity index (χ0) is 6.78. The van der Waals surface area contributed by atoms with Crippen LogP contribution in [0.2, 0.25) is 0 Å². The van der Waals surface area contributed by atoms with Crippen LogP contribution in [0.25, 0.3) is 0 Å². The van der Waals surface area contributed by atoms with E-state index < -0.39 is 14.0 Å². The number of hydrogen-bond donors (Lipinski definition) is 3. The summed E-state index contributed by atoms with van der Waals surface area (Å²) in [6.07, 6.45) is -1.99. The maximum atomic E-state index is 9.53. The van der Waals surface area contributed by atoms with Gasteiger partial charge in [0.1, 0.15) is 0 Å². The van der Waals surface area contributed by atoms with Crippen LogP contribution in [0.1, 0.15) is 4.28 Å². The molecule has 0 fully saturated rings. The predicted octanol–water partition coefficient (Wildman–Crippen LogP) is -8.88. The molecule has 0 saturated heterocycles. The average molecular weight is 214 g/mol. The predicted molar refractivity (Wildman–Crippen MR) is 24.5 cm³/mol. The number of phosphoric acid groups is 1. The van der Waals surface area contributed by atoms with Crippen LogP contribution in [0, 0.1) is 0 Å². The summed E-state index contributed by atoms with van der Waals surface area (Å²) in [4.78, 5) is 24.7. The fourth-order valence-corrected chi connectivity index (χ4v) is 0.305. The molecule has 0 radical (unpaired) electrons. The molecule has 0 saturated carbocycles. The van der Waals surface area contributed by atoms with E-state index in [2.05, 4.69) is 4.52 Å². The number of hydrogen-bond acceptors (Lipinski definition) is 3. The summed E-state index contributed by atoms with van der Waals surface area (Å²) in [6, 6.07) is 0. The molecule has 0 heterocycles. The molecular formula is CH6Na3O6P. The minimum Gasteiger partial charge on any atom is -1.00 e. The second-order valence-electron chi connectivity index (χ2n) is 0.848. The maximum Gasteiger partial charge on any atom is 1.00 e. The van der Waals surface area contributed by atoms with Gasteiger partial charge in [0.2, 0.25) is 0 Å². The Hall–Kier alpha value is 2.42. The Bertz CT molecular complexity index is 151. The molecule has 10 heteroatoms. The fraction of sp³-hybridized carbons (Fsp3) is 0. The molecule has 0 aliphatic heterocycles. The van der Waals surface area contributed by atoms with Gasteiger partial charge >= 0.3 is 103 Å². The monoisotopic (exact) mass is 214 g/mol. The Balaban J connectivity index is -0.0000000163. The van der Waals surface area contributed by atoms with Crippen LogP contribution in [0.15, 0.2) is 0 Å². The third-order valence-electron chi connectivity index (χ3n) is 0.197. The average Bonchev–Trinajstić information content (AvgIpc) is 1.21. The van der Waals surface area contributed by atoms with Crippen molar-refractivity contribution in [3.8, 4) is 0 Å². The van der Waals surface area contributed by atoms with Crippen molar-refractivity contribution in [2.75, 3.05) is 0 Å². The molecule has 0 aliphatic carbocycles. The van der Waals surface area contributed by atoms with Crippen LogP contribution in [-0.4, -0.2) is 21.0 Å². The first kappa shape index (κ1) is 23.3. The van der Waals surface area contributed by atoms with E-state index in [4.69, 9.17) is 14.9 Å².